The fourth-order valence-electron chi connectivity index (χ4n) is 0.236. The summed E-state index contributed by atoms with van der Waals surface area (Å²) in [5.74, 6) is 0. The molecule has 0 heterocycles. The summed E-state index contributed by atoms with van der Waals surface area (Å²) in [7, 11) is 0. The number of allylic oxidation sites excluding steroid dienone is 2. The molecule has 0 amide bonds. The van der Waals surface area contributed by atoms with Gasteiger partial charge in [0.2, 0.25) is 0 Å². The Hall–Kier alpha value is -0.260. The molecule has 0 N–H and O–H groups in total. The molecular weight excluding hydrogens is 108 g/mol. The largest absolute Gasteiger partial charge is 0.0917 e. The second-order valence-electron chi connectivity index (χ2n) is 1.98. The Morgan fingerprint density at radius 1 is 1.00 bits per heavy atom. The van der Waals surface area contributed by atoms with Crippen molar-refractivity contribution in [2.45, 2.75) is 47.0 Å². The van der Waals surface area contributed by atoms with Crippen molar-refractivity contribution in [2.24, 2.45) is 0 Å². The van der Waals surface area contributed by atoms with Gasteiger partial charge in [-0.3, -0.25) is 0 Å². The molecule has 0 atom stereocenters. The number of rotatable bonds is 2. The van der Waals surface area contributed by atoms with Crippen molar-refractivity contribution in [3.63, 3.8) is 0 Å². The molecule has 0 saturated heterocycles. The van der Waals surface area contributed by atoms with Crippen molar-refractivity contribution in [2.75, 3.05) is 0 Å². The average molecular weight is 128 g/mol. The van der Waals surface area contributed by atoms with Crippen LogP contribution in [0.4, 0.5) is 0 Å². The lowest BCUT2D eigenvalue weighted by Gasteiger charge is -1.68. The lowest BCUT2D eigenvalue weighted by atomic mass is 10.4. The van der Waals surface area contributed by atoms with E-state index >= 15 is 0 Å². The first-order valence-electron chi connectivity index (χ1n) is 3.94. The Balaban J connectivity index is 0. The minimum atomic E-state index is 1.16. The van der Waals surface area contributed by atoms with Crippen LogP contribution in [0.2, 0.25) is 0 Å². The number of hydrogen-bond donors (Lipinski definition) is 0. The second-order valence-corrected chi connectivity index (χ2v) is 1.98. The fraction of sp³-hybridized carbons (Fsp3) is 0.778. The maximum atomic E-state index is 2.18. The third-order valence-electron chi connectivity index (χ3n) is 0.971. The smallest absolute Gasteiger partial charge is 0.0379 e. The summed E-state index contributed by atoms with van der Waals surface area (Å²) < 4.78 is 0. The van der Waals surface area contributed by atoms with E-state index in [1.54, 1.807) is 0 Å². The van der Waals surface area contributed by atoms with E-state index in [9.17, 15) is 0 Å². The maximum Gasteiger partial charge on any atom is -0.0379 e. The number of hydrogen-bond acceptors (Lipinski definition) is 0. The van der Waals surface area contributed by atoms with Gasteiger partial charge in [-0.05, 0) is 13.3 Å². The molecule has 0 unspecified atom stereocenters. The Bertz CT molecular complexity index is 42.0. The quantitative estimate of drug-likeness (QED) is 0.496. The van der Waals surface area contributed by atoms with E-state index in [1.807, 2.05) is 6.92 Å². The molecule has 56 valence electrons. The highest BCUT2D eigenvalue weighted by molar-refractivity contribution is 4.73. The van der Waals surface area contributed by atoms with Crippen molar-refractivity contribution >= 4 is 0 Å². The lowest BCUT2D eigenvalue weighted by molar-refractivity contribution is 0.886. The van der Waals surface area contributed by atoms with Gasteiger partial charge in [-0.1, -0.05) is 45.8 Å². The van der Waals surface area contributed by atoms with Crippen LogP contribution in [-0.4, -0.2) is 0 Å². The zero-order valence-electron chi connectivity index (χ0n) is 7.28. The van der Waals surface area contributed by atoms with Crippen LogP contribution in [0.25, 0.3) is 0 Å². The average Bonchev–Trinajstić information content (AvgIpc) is 1.91. The Morgan fingerprint density at radius 2 is 1.44 bits per heavy atom. The first kappa shape index (κ1) is 11.5. The minimum absolute atomic E-state index is 1.16. The third kappa shape index (κ3) is 34.0. The van der Waals surface area contributed by atoms with Crippen molar-refractivity contribution in [1.29, 1.82) is 0 Å². The fourth-order valence-corrected chi connectivity index (χ4v) is 0.236. The van der Waals surface area contributed by atoms with Gasteiger partial charge in [0.25, 0.3) is 0 Å². The van der Waals surface area contributed by atoms with Crippen molar-refractivity contribution in [3.8, 4) is 0 Å². The van der Waals surface area contributed by atoms with E-state index in [-0.39, 0.29) is 0 Å². The van der Waals surface area contributed by atoms with Crippen LogP contribution >= 0.6 is 0 Å². The summed E-state index contributed by atoms with van der Waals surface area (Å²) in [6.07, 6.45) is 7.98. The van der Waals surface area contributed by atoms with Gasteiger partial charge in [0.05, 0.1) is 0 Å². The monoisotopic (exact) mass is 128 g/mol. The standard InChI is InChI=1S/C5H10.C4H10/c1-3-5-4-2;1-3-4-2/h3,5H,4H2,1-2H3;3-4H2,1-2H3/b5-3-;. The van der Waals surface area contributed by atoms with Crippen LogP contribution in [0.15, 0.2) is 12.2 Å². The molecule has 9 heavy (non-hydrogen) atoms. The van der Waals surface area contributed by atoms with Crippen LogP contribution in [0.3, 0.4) is 0 Å². The molecule has 0 aromatic heterocycles. The normalized spacial score (nSPS) is 8.89. The topological polar surface area (TPSA) is 0 Å². The highest BCUT2D eigenvalue weighted by Crippen LogP contribution is 1.76. The summed E-state index contributed by atoms with van der Waals surface area (Å²) in [5, 5.41) is 0. The molecule has 0 fully saturated rings. The summed E-state index contributed by atoms with van der Waals surface area (Å²) in [4.78, 5) is 0. The Morgan fingerprint density at radius 3 is 1.44 bits per heavy atom. The summed E-state index contributed by atoms with van der Waals surface area (Å²) in [6, 6.07) is 0. The van der Waals surface area contributed by atoms with E-state index in [0.29, 0.717) is 0 Å². The van der Waals surface area contributed by atoms with Gasteiger partial charge < -0.3 is 0 Å². The van der Waals surface area contributed by atoms with Crippen molar-refractivity contribution < 1.29 is 0 Å². The van der Waals surface area contributed by atoms with Crippen LogP contribution in [0, 0.1) is 0 Å². The van der Waals surface area contributed by atoms with Gasteiger partial charge in [0, 0.05) is 0 Å². The highest BCUT2D eigenvalue weighted by atomic mass is 13.6. The highest BCUT2D eigenvalue weighted by Gasteiger charge is 1.56. The SMILES string of the molecule is C/C=C\CC.CCCC. The molecule has 0 aliphatic heterocycles. The van der Waals surface area contributed by atoms with E-state index < -0.39 is 0 Å². The van der Waals surface area contributed by atoms with E-state index in [4.69, 9.17) is 0 Å². The van der Waals surface area contributed by atoms with Crippen LogP contribution in [0.1, 0.15) is 47.0 Å². The molecule has 0 radical (unpaired) electrons. The molecule has 0 aromatic rings. The van der Waals surface area contributed by atoms with Gasteiger partial charge in [-0.25, -0.2) is 0 Å². The summed E-state index contributed by atoms with van der Waals surface area (Å²) in [6.45, 7) is 8.52. The van der Waals surface area contributed by atoms with Crippen molar-refractivity contribution in [3.05, 3.63) is 12.2 Å². The minimum Gasteiger partial charge on any atom is -0.0917 e. The maximum absolute atomic E-state index is 2.18. The van der Waals surface area contributed by atoms with E-state index in [0.717, 1.165) is 6.42 Å². The van der Waals surface area contributed by atoms with Crippen molar-refractivity contribution in [1.82, 2.24) is 0 Å². The van der Waals surface area contributed by atoms with E-state index in [1.165, 1.54) is 12.8 Å². The third-order valence-corrected chi connectivity index (χ3v) is 0.971. The molecule has 0 spiro atoms. The van der Waals surface area contributed by atoms with Gasteiger partial charge in [-0.2, -0.15) is 0 Å². The molecule has 0 aromatic carbocycles. The predicted molar refractivity (Wildman–Crippen MR) is 45.7 cm³/mol. The van der Waals surface area contributed by atoms with Gasteiger partial charge >= 0.3 is 0 Å². The van der Waals surface area contributed by atoms with Crippen LogP contribution in [0.5, 0.6) is 0 Å². The Kier molecular flexibility index (Phi) is 20.0. The summed E-state index contributed by atoms with van der Waals surface area (Å²) in [5.41, 5.74) is 0. The summed E-state index contributed by atoms with van der Waals surface area (Å²) >= 11 is 0. The van der Waals surface area contributed by atoms with Gasteiger partial charge in [0.1, 0.15) is 0 Å². The number of unbranched alkanes of at least 4 members (excludes halogenated alkanes) is 1. The van der Waals surface area contributed by atoms with Crippen LogP contribution in [-0.2, 0) is 0 Å². The molecular formula is C9H20. The molecule has 0 aliphatic rings. The lowest BCUT2D eigenvalue weighted by Crippen LogP contribution is -1.47. The predicted octanol–water partition coefficient (Wildman–Crippen LogP) is 3.78. The second kappa shape index (κ2) is 15.6. The van der Waals surface area contributed by atoms with Gasteiger partial charge in [0.15, 0.2) is 0 Å². The molecule has 0 rings (SSSR count). The van der Waals surface area contributed by atoms with Crippen LogP contribution < -0.4 is 0 Å². The molecule has 0 bridgehead atoms. The van der Waals surface area contributed by atoms with Gasteiger partial charge in [-0.15, -0.1) is 0 Å². The van der Waals surface area contributed by atoms with E-state index in [2.05, 4.69) is 32.9 Å². The zero-order chi connectivity index (χ0) is 7.54. The molecule has 0 nitrogen and oxygen atoms in total. The Labute approximate surface area is 60.0 Å². The first-order valence-corrected chi connectivity index (χ1v) is 3.94. The first-order chi connectivity index (χ1) is 4.33. The molecule has 0 saturated carbocycles. The molecule has 0 aliphatic carbocycles. The zero-order valence-corrected chi connectivity index (χ0v) is 7.28. The molecule has 0 heteroatoms.